The minimum absolute atomic E-state index is 0.0886. The number of carboxylic acid groups (broad SMARTS) is 1. The molecule has 0 radical (unpaired) electrons. The summed E-state index contributed by atoms with van der Waals surface area (Å²) in [6.07, 6.45) is 26.8. The van der Waals surface area contributed by atoms with Crippen LogP contribution in [0.15, 0.2) is 12.2 Å². The Morgan fingerprint density at radius 2 is 1.26 bits per heavy atom. The third-order valence-electron chi connectivity index (χ3n) is 7.58. The number of carbonyl (C=O) groups excluding carboxylic acids is 1. The Bertz CT molecular complexity index is 550. The number of carbonyl (C=O) groups is 2. The van der Waals surface area contributed by atoms with E-state index in [1.165, 1.54) is 89.9 Å². The molecule has 1 N–H and O–H groups in total. The quantitative estimate of drug-likeness (QED) is 0.101. The summed E-state index contributed by atoms with van der Waals surface area (Å²) >= 11 is 0. The molecule has 34 heavy (non-hydrogen) atoms. The fourth-order valence-corrected chi connectivity index (χ4v) is 5.15. The van der Waals surface area contributed by atoms with Gasteiger partial charge in [-0.3, -0.25) is 9.59 Å². The minimum Gasteiger partial charge on any atom is -0.481 e. The van der Waals surface area contributed by atoms with Gasteiger partial charge in [0.25, 0.3) is 0 Å². The van der Waals surface area contributed by atoms with Gasteiger partial charge in [-0.15, -0.1) is 0 Å². The Morgan fingerprint density at radius 1 is 0.824 bits per heavy atom. The fraction of sp³-hybridized carbons (Fsp3) is 0.867. The molecule has 4 heteroatoms. The van der Waals surface area contributed by atoms with Crippen molar-refractivity contribution in [3.8, 4) is 0 Å². The number of carboxylic acids is 1. The van der Waals surface area contributed by atoms with E-state index in [1.807, 2.05) is 6.08 Å². The van der Waals surface area contributed by atoms with Gasteiger partial charge < -0.3 is 9.84 Å². The van der Waals surface area contributed by atoms with Gasteiger partial charge in [0.1, 0.15) is 6.10 Å². The van der Waals surface area contributed by atoms with Gasteiger partial charge in [0.05, 0.1) is 11.3 Å². The molecule has 0 aromatic heterocycles. The first-order chi connectivity index (χ1) is 16.5. The van der Waals surface area contributed by atoms with Crippen molar-refractivity contribution in [1.29, 1.82) is 0 Å². The van der Waals surface area contributed by atoms with E-state index >= 15 is 0 Å². The molecule has 1 aliphatic rings. The van der Waals surface area contributed by atoms with Crippen molar-refractivity contribution in [1.82, 2.24) is 0 Å². The highest BCUT2D eigenvalue weighted by Gasteiger charge is 2.46. The number of allylic oxidation sites excluding steroid dienone is 1. The Labute approximate surface area is 210 Å². The molecule has 0 spiro atoms. The summed E-state index contributed by atoms with van der Waals surface area (Å²) in [5.74, 6) is -1.94. The lowest BCUT2D eigenvalue weighted by atomic mass is 9.71. The molecule has 0 saturated carbocycles. The normalized spacial score (nSPS) is 20.1. The van der Waals surface area contributed by atoms with E-state index in [2.05, 4.69) is 13.8 Å². The summed E-state index contributed by atoms with van der Waals surface area (Å²) in [6.45, 7) is 6.24. The number of esters is 1. The van der Waals surface area contributed by atoms with E-state index in [9.17, 15) is 14.7 Å². The third-order valence-corrected chi connectivity index (χ3v) is 7.58. The monoisotopic (exact) mass is 478 g/mol. The molecule has 1 rings (SSSR count). The lowest BCUT2D eigenvalue weighted by Gasteiger charge is -2.34. The van der Waals surface area contributed by atoms with Crippen molar-refractivity contribution >= 4 is 11.9 Å². The van der Waals surface area contributed by atoms with Crippen LogP contribution in [0.5, 0.6) is 0 Å². The van der Waals surface area contributed by atoms with E-state index in [-0.39, 0.29) is 12.1 Å². The lowest BCUT2D eigenvalue weighted by Crippen LogP contribution is -2.42. The average Bonchev–Trinajstić information content (AvgIpc) is 2.82. The second kappa shape index (κ2) is 18.9. The predicted octanol–water partition coefficient (Wildman–Crippen LogP) is 9.02. The van der Waals surface area contributed by atoms with Crippen LogP contribution in [0.4, 0.5) is 0 Å². The maximum Gasteiger partial charge on any atom is 0.316 e. The topological polar surface area (TPSA) is 63.6 Å². The highest BCUT2D eigenvalue weighted by Crippen LogP contribution is 2.38. The van der Waals surface area contributed by atoms with E-state index < -0.39 is 17.3 Å². The standard InChI is InChI=1S/C30H54O4/c1-4-6-8-10-12-14-16-18-22-26(23-19-17-15-13-11-9-7-5-2)34-29(33)30(3)25-21-20-24-27(30)28(31)32/h21,25-27H,4-20,22-24H2,1-3H3,(H,31,32). The Hall–Kier alpha value is -1.32. The first-order valence-corrected chi connectivity index (χ1v) is 14.6. The molecule has 0 heterocycles. The van der Waals surface area contributed by atoms with Gasteiger partial charge in [-0.25, -0.2) is 0 Å². The van der Waals surface area contributed by atoms with E-state index in [4.69, 9.17) is 4.74 Å². The maximum atomic E-state index is 13.2. The largest absolute Gasteiger partial charge is 0.481 e. The SMILES string of the molecule is CCCCCCCCCCC(CCCCCCCCCC)OC(=O)C1(C)C=CCCC1C(=O)O. The van der Waals surface area contributed by atoms with Gasteiger partial charge in [0.15, 0.2) is 0 Å². The van der Waals surface area contributed by atoms with Crippen LogP contribution in [0.1, 0.15) is 149 Å². The van der Waals surface area contributed by atoms with Gasteiger partial charge in [0.2, 0.25) is 0 Å². The Morgan fingerprint density at radius 3 is 1.71 bits per heavy atom. The Balaban J connectivity index is 2.51. The van der Waals surface area contributed by atoms with Crippen molar-refractivity contribution in [3.05, 3.63) is 12.2 Å². The van der Waals surface area contributed by atoms with Crippen molar-refractivity contribution < 1.29 is 19.4 Å². The lowest BCUT2D eigenvalue weighted by molar-refractivity contribution is -0.168. The predicted molar refractivity (Wildman–Crippen MR) is 142 cm³/mol. The molecule has 4 nitrogen and oxygen atoms in total. The van der Waals surface area contributed by atoms with Crippen LogP contribution in [0.25, 0.3) is 0 Å². The summed E-state index contributed by atoms with van der Waals surface area (Å²) in [6, 6.07) is 0. The summed E-state index contributed by atoms with van der Waals surface area (Å²) in [5, 5.41) is 9.67. The smallest absolute Gasteiger partial charge is 0.316 e. The first kappa shape index (κ1) is 30.7. The summed E-state index contributed by atoms with van der Waals surface area (Å²) < 4.78 is 6.04. The van der Waals surface area contributed by atoms with Crippen molar-refractivity contribution in [2.45, 2.75) is 155 Å². The molecule has 2 unspecified atom stereocenters. The molecule has 1 aliphatic carbocycles. The number of hydrogen-bond donors (Lipinski definition) is 1. The zero-order valence-corrected chi connectivity index (χ0v) is 22.6. The average molecular weight is 479 g/mol. The summed E-state index contributed by atoms with van der Waals surface area (Å²) in [5.41, 5.74) is -1.05. The van der Waals surface area contributed by atoms with E-state index in [1.54, 1.807) is 13.0 Å². The molecule has 0 amide bonds. The molecule has 0 saturated heterocycles. The first-order valence-electron chi connectivity index (χ1n) is 14.6. The van der Waals surface area contributed by atoms with Gasteiger partial charge in [0, 0.05) is 0 Å². The second-order valence-corrected chi connectivity index (χ2v) is 10.7. The second-order valence-electron chi connectivity index (χ2n) is 10.7. The molecular weight excluding hydrogens is 424 g/mol. The number of unbranched alkanes of at least 4 members (excludes halogenated alkanes) is 14. The number of rotatable bonds is 21. The summed E-state index contributed by atoms with van der Waals surface area (Å²) in [7, 11) is 0. The van der Waals surface area contributed by atoms with Crippen LogP contribution >= 0.6 is 0 Å². The maximum absolute atomic E-state index is 13.2. The van der Waals surface area contributed by atoms with Crippen LogP contribution in [0.2, 0.25) is 0 Å². The van der Waals surface area contributed by atoms with Crippen LogP contribution in [-0.4, -0.2) is 23.1 Å². The molecule has 0 fully saturated rings. The molecule has 0 aromatic rings. The van der Waals surface area contributed by atoms with Gasteiger partial charge in [-0.05, 0) is 45.4 Å². The highest BCUT2D eigenvalue weighted by atomic mass is 16.5. The molecule has 2 atom stereocenters. The van der Waals surface area contributed by atoms with Crippen LogP contribution in [0, 0.1) is 11.3 Å². The number of aliphatic carboxylic acids is 1. The van der Waals surface area contributed by atoms with Crippen LogP contribution in [-0.2, 0) is 14.3 Å². The van der Waals surface area contributed by atoms with Crippen LogP contribution < -0.4 is 0 Å². The van der Waals surface area contributed by atoms with Crippen molar-refractivity contribution in [3.63, 3.8) is 0 Å². The fourth-order valence-electron chi connectivity index (χ4n) is 5.15. The number of ether oxygens (including phenoxy) is 1. The Kier molecular flexibility index (Phi) is 17.1. The summed E-state index contributed by atoms with van der Waals surface area (Å²) in [4.78, 5) is 25.0. The number of hydrogen-bond acceptors (Lipinski definition) is 3. The zero-order valence-electron chi connectivity index (χ0n) is 22.6. The van der Waals surface area contributed by atoms with Crippen LogP contribution in [0.3, 0.4) is 0 Å². The zero-order chi connectivity index (χ0) is 25.1. The molecular formula is C30H54O4. The molecule has 198 valence electrons. The minimum atomic E-state index is -1.05. The van der Waals surface area contributed by atoms with Crippen molar-refractivity contribution in [2.75, 3.05) is 0 Å². The van der Waals surface area contributed by atoms with Gasteiger partial charge in [-0.1, -0.05) is 116 Å². The third kappa shape index (κ3) is 12.4. The molecule has 0 aromatic carbocycles. The van der Waals surface area contributed by atoms with Gasteiger partial charge in [-0.2, -0.15) is 0 Å². The van der Waals surface area contributed by atoms with E-state index in [0.717, 1.165) is 25.7 Å². The molecule has 0 aliphatic heterocycles. The van der Waals surface area contributed by atoms with Crippen molar-refractivity contribution in [2.24, 2.45) is 11.3 Å². The van der Waals surface area contributed by atoms with E-state index in [0.29, 0.717) is 12.8 Å². The highest BCUT2D eigenvalue weighted by molar-refractivity contribution is 5.86. The van der Waals surface area contributed by atoms with Gasteiger partial charge >= 0.3 is 11.9 Å². The molecule has 0 bridgehead atoms.